The minimum atomic E-state index is -0.520. The molecule has 0 saturated heterocycles. The standard InChI is InChI=1S/C19H22FN3O2/c1-3-9-23(10-4-2)19(25)15-11-14(12-21-13-15)18(24)22-17-8-6-5-7-16(17)20/h5-8,11-13H,3-4,9-10H2,1-2H3,(H,22,24). The van der Waals surface area contributed by atoms with Crippen LogP contribution in [-0.2, 0) is 0 Å². The van der Waals surface area contributed by atoms with Gasteiger partial charge in [0.1, 0.15) is 5.82 Å². The second-order valence-electron chi connectivity index (χ2n) is 5.69. The fourth-order valence-electron chi connectivity index (χ4n) is 2.48. The summed E-state index contributed by atoms with van der Waals surface area (Å²) in [4.78, 5) is 30.7. The van der Waals surface area contributed by atoms with Crippen molar-refractivity contribution in [2.24, 2.45) is 0 Å². The van der Waals surface area contributed by atoms with Crippen LogP contribution in [0.3, 0.4) is 0 Å². The summed E-state index contributed by atoms with van der Waals surface area (Å²) < 4.78 is 13.7. The highest BCUT2D eigenvalue weighted by atomic mass is 19.1. The molecule has 0 saturated carbocycles. The number of para-hydroxylation sites is 1. The van der Waals surface area contributed by atoms with E-state index in [0.29, 0.717) is 18.7 Å². The van der Waals surface area contributed by atoms with Gasteiger partial charge in [-0.15, -0.1) is 0 Å². The number of hydrogen-bond acceptors (Lipinski definition) is 3. The van der Waals surface area contributed by atoms with E-state index in [-0.39, 0.29) is 17.2 Å². The van der Waals surface area contributed by atoms with E-state index < -0.39 is 11.7 Å². The summed E-state index contributed by atoms with van der Waals surface area (Å²) >= 11 is 0. The highest BCUT2D eigenvalue weighted by Crippen LogP contribution is 2.15. The minimum Gasteiger partial charge on any atom is -0.339 e. The number of anilines is 1. The fraction of sp³-hybridized carbons (Fsp3) is 0.316. The number of nitrogens with zero attached hydrogens (tertiary/aromatic N) is 2. The summed E-state index contributed by atoms with van der Waals surface area (Å²) in [6, 6.07) is 7.40. The van der Waals surface area contributed by atoms with Gasteiger partial charge in [-0.2, -0.15) is 0 Å². The smallest absolute Gasteiger partial charge is 0.257 e. The summed E-state index contributed by atoms with van der Waals surface area (Å²) in [5.74, 6) is -1.19. The summed E-state index contributed by atoms with van der Waals surface area (Å²) in [5.41, 5.74) is 0.646. The molecule has 0 spiro atoms. The zero-order valence-electron chi connectivity index (χ0n) is 14.5. The molecule has 132 valence electrons. The number of hydrogen-bond donors (Lipinski definition) is 1. The third kappa shape index (κ3) is 4.86. The Balaban J connectivity index is 2.18. The molecule has 5 nitrogen and oxygen atoms in total. The van der Waals surface area contributed by atoms with Crippen molar-refractivity contribution in [1.82, 2.24) is 9.88 Å². The van der Waals surface area contributed by atoms with Crippen molar-refractivity contribution in [2.45, 2.75) is 26.7 Å². The molecular formula is C19H22FN3O2. The lowest BCUT2D eigenvalue weighted by molar-refractivity contribution is 0.0755. The lowest BCUT2D eigenvalue weighted by Gasteiger charge is -2.21. The molecule has 25 heavy (non-hydrogen) atoms. The van der Waals surface area contributed by atoms with Gasteiger partial charge in [0.2, 0.25) is 0 Å². The number of pyridine rings is 1. The molecule has 0 fully saturated rings. The normalized spacial score (nSPS) is 10.4. The quantitative estimate of drug-likeness (QED) is 0.833. The fourth-order valence-corrected chi connectivity index (χ4v) is 2.48. The van der Waals surface area contributed by atoms with Crippen LogP contribution in [-0.4, -0.2) is 34.8 Å². The lowest BCUT2D eigenvalue weighted by Crippen LogP contribution is -2.32. The number of amides is 2. The van der Waals surface area contributed by atoms with Crippen molar-refractivity contribution < 1.29 is 14.0 Å². The maximum absolute atomic E-state index is 13.7. The predicted octanol–water partition coefficient (Wildman–Crippen LogP) is 3.74. The number of aromatic nitrogens is 1. The molecular weight excluding hydrogens is 321 g/mol. The van der Waals surface area contributed by atoms with Gasteiger partial charge in [-0.05, 0) is 31.0 Å². The van der Waals surface area contributed by atoms with E-state index in [0.717, 1.165) is 12.8 Å². The molecule has 0 unspecified atom stereocenters. The van der Waals surface area contributed by atoms with Gasteiger partial charge in [-0.3, -0.25) is 14.6 Å². The van der Waals surface area contributed by atoms with Gasteiger partial charge in [-0.1, -0.05) is 26.0 Å². The van der Waals surface area contributed by atoms with E-state index in [2.05, 4.69) is 10.3 Å². The average Bonchev–Trinajstić information content (AvgIpc) is 2.63. The summed E-state index contributed by atoms with van der Waals surface area (Å²) in [7, 11) is 0. The number of rotatable bonds is 7. The zero-order valence-corrected chi connectivity index (χ0v) is 14.5. The molecule has 1 aromatic carbocycles. The highest BCUT2D eigenvalue weighted by Gasteiger charge is 2.17. The second-order valence-corrected chi connectivity index (χ2v) is 5.69. The monoisotopic (exact) mass is 343 g/mol. The van der Waals surface area contributed by atoms with Crippen LogP contribution < -0.4 is 5.32 Å². The third-order valence-electron chi connectivity index (χ3n) is 3.64. The molecule has 2 rings (SSSR count). The van der Waals surface area contributed by atoms with Crippen LogP contribution in [0.5, 0.6) is 0 Å². The van der Waals surface area contributed by atoms with E-state index in [1.165, 1.54) is 30.6 Å². The summed E-state index contributed by atoms with van der Waals surface area (Å²) in [6.45, 7) is 5.32. The SMILES string of the molecule is CCCN(CCC)C(=O)c1cncc(C(=O)Nc2ccccc2F)c1. The van der Waals surface area contributed by atoms with Crippen LogP contribution in [0, 0.1) is 5.82 Å². The number of nitrogens with one attached hydrogen (secondary N) is 1. The Morgan fingerprint density at radius 3 is 2.36 bits per heavy atom. The van der Waals surface area contributed by atoms with Crippen molar-refractivity contribution in [3.05, 3.63) is 59.7 Å². The summed E-state index contributed by atoms with van der Waals surface area (Å²) in [5, 5.41) is 2.49. The Bertz CT molecular complexity index is 743. The molecule has 1 heterocycles. The number of halogens is 1. The molecule has 0 aliphatic carbocycles. The molecule has 1 aromatic heterocycles. The highest BCUT2D eigenvalue weighted by molar-refractivity contribution is 6.05. The van der Waals surface area contributed by atoms with Gasteiger partial charge in [0.25, 0.3) is 11.8 Å². The van der Waals surface area contributed by atoms with Crippen molar-refractivity contribution in [3.63, 3.8) is 0 Å². The topological polar surface area (TPSA) is 62.3 Å². The number of carbonyl (C=O) groups excluding carboxylic acids is 2. The van der Waals surface area contributed by atoms with E-state index in [9.17, 15) is 14.0 Å². The van der Waals surface area contributed by atoms with E-state index in [1.54, 1.807) is 17.0 Å². The molecule has 0 aliphatic rings. The maximum Gasteiger partial charge on any atom is 0.257 e. The molecule has 2 amide bonds. The first-order chi connectivity index (χ1) is 12.1. The predicted molar refractivity (Wildman–Crippen MR) is 95.1 cm³/mol. The van der Waals surface area contributed by atoms with Crippen LogP contribution >= 0.6 is 0 Å². The molecule has 0 aliphatic heterocycles. The van der Waals surface area contributed by atoms with Crippen LogP contribution in [0.1, 0.15) is 47.4 Å². The molecule has 1 N–H and O–H groups in total. The van der Waals surface area contributed by atoms with Gasteiger partial charge in [-0.25, -0.2) is 4.39 Å². The van der Waals surface area contributed by atoms with Crippen LogP contribution in [0.25, 0.3) is 0 Å². The second kappa shape index (κ2) is 8.92. The first-order valence-electron chi connectivity index (χ1n) is 8.37. The van der Waals surface area contributed by atoms with E-state index in [1.807, 2.05) is 13.8 Å². The van der Waals surface area contributed by atoms with Gasteiger partial charge in [0.05, 0.1) is 16.8 Å². The summed E-state index contributed by atoms with van der Waals surface area (Å²) in [6.07, 6.45) is 4.51. The Kier molecular flexibility index (Phi) is 6.62. The van der Waals surface area contributed by atoms with E-state index >= 15 is 0 Å². The van der Waals surface area contributed by atoms with Crippen LogP contribution in [0.4, 0.5) is 10.1 Å². The molecule has 2 aromatic rings. The largest absolute Gasteiger partial charge is 0.339 e. The molecule has 0 radical (unpaired) electrons. The molecule has 0 atom stereocenters. The Hall–Kier alpha value is -2.76. The zero-order chi connectivity index (χ0) is 18.2. The van der Waals surface area contributed by atoms with E-state index in [4.69, 9.17) is 0 Å². The van der Waals surface area contributed by atoms with Gasteiger partial charge >= 0.3 is 0 Å². The third-order valence-corrected chi connectivity index (χ3v) is 3.64. The number of benzene rings is 1. The maximum atomic E-state index is 13.7. The first kappa shape index (κ1) is 18.6. The van der Waals surface area contributed by atoms with Gasteiger partial charge in [0, 0.05) is 25.5 Å². The molecule has 6 heteroatoms. The van der Waals surface area contributed by atoms with Gasteiger partial charge in [0.15, 0.2) is 0 Å². The Morgan fingerprint density at radius 2 is 1.72 bits per heavy atom. The number of carbonyl (C=O) groups is 2. The van der Waals surface area contributed by atoms with Crippen molar-refractivity contribution in [3.8, 4) is 0 Å². The Labute approximate surface area is 146 Å². The van der Waals surface area contributed by atoms with Gasteiger partial charge < -0.3 is 10.2 Å². The van der Waals surface area contributed by atoms with Crippen molar-refractivity contribution in [1.29, 1.82) is 0 Å². The van der Waals surface area contributed by atoms with Crippen LogP contribution in [0.15, 0.2) is 42.7 Å². The minimum absolute atomic E-state index is 0.0859. The van der Waals surface area contributed by atoms with Crippen molar-refractivity contribution >= 4 is 17.5 Å². The van der Waals surface area contributed by atoms with Crippen molar-refractivity contribution in [2.75, 3.05) is 18.4 Å². The Morgan fingerprint density at radius 1 is 1.08 bits per heavy atom. The lowest BCUT2D eigenvalue weighted by atomic mass is 10.1. The van der Waals surface area contributed by atoms with Crippen LogP contribution in [0.2, 0.25) is 0 Å². The average molecular weight is 343 g/mol. The molecule has 0 bridgehead atoms. The first-order valence-corrected chi connectivity index (χ1v) is 8.37.